The Bertz CT molecular complexity index is 931. The summed E-state index contributed by atoms with van der Waals surface area (Å²) in [5.74, 6) is 1.89. The van der Waals surface area contributed by atoms with E-state index < -0.39 is 0 Å². The molecule has 6 nitrogen and oxygen atoms in total. The highest BCUT2D eigenvalue weighted by atomic mass is 19.1. The first-order chi connectivity index (χ1) is 14.0. The van der Waals surface area contributed by atoms with Crippen LogP contribution in [0.15, 0.2) is 36.7 Å². The van der Waals surface area contributed by atoms with E-state index in [0.717, 1.165) is 30.2 Å². The zero-order valence-corrected chi connectivity index (χ0v) is 16.8. The standard InChI is InChI=1S/C22H26FN5O/c1-26(2)22(29)28-11-16-10-27(20-9-19(14-6-7-14)24-13-25-20)12-18(16)21(28)15-4-3-5-17(23)8-15/h3-5,8-9,13-14,16,18,21H,6-7,10-12H2,1-2H3/t16-,18-,21-/m1/s1. The lowest BCUT2D eigenvalue weighted by Gasteiger charge is -2.32. The molecule has 7 heteroatoms. The monoisotopic (exact) mass is 395 g/mol. The van der Waals surface area contributed by atoms with Crippen LogP contribution in [0.25, 0.3) is 0 Å². The Balaban J connectivity index is 1.44. The molecule has 152 valence electrons. The summed E-state index contributed by atoms with van der Waals surface area (Å²) in [6.45, 7) is 2.35. The number of carbonyl (C=O) groups excluding carboxylic acids is 1. The van der Waals surface area contributed by atoms with Gasteiger partial charge in [-0.2, -0.15) is 0 Å². The van der Waals surface area contributed by atoms with Crippen LogP contribution < -0.4 is 4.90 Å². The van der Waals surface area contributed by atoms with Crippen LogP contribution in [0.5, 0.6) is 0 Å². The van der Waals surface area contributed by atoms with Crippen LogP contribution in [0, 0.1) is 17.7 Å². The number of amides is 2. The van der Waals surface area contributed by atoms with Gasteiger partial charge >= 0.3 is 6.03 Å². The third-order valence-corrected chi connectivity index (χ3v) is 6.48. The second-order valence-electron chi connectivity index (χ2n) is 8.73. The molecule has 3 atom stereocenters. The molecule has 0 radical (unpaired) electrons. The molecule has 5 rings (SSSR count). The molecule has 2 aromatic rings. The molecule has 0 spiro atoms. The fourth-order valence-electron chi connectivity index (χ4n) is 4.94. The van der Waals surface area contributed by atoms with E-state index in [1.807, 2.05) is 11.0 Å². The summed E-state index contributed by atoms with van der Waals surface area (Å²) in [6.07, 6.45) is 4.10. The van der Waals surface area contributed by atoms with Crippen molar-refractivity contribution in [1.29, 1.82) is 0 Å². The average molecular weight is 395 g/mol. The van der Waals surface area contributed by atoms with Gasteiger partial charge in [-0.05, 0) is 30.5 Å². The topological polar surface area (TPSA) is 52.6 Å². The van der Waals surface area contributed by atoms with Crippen molar-refractivity contribution in [3.63, 3.8) is 0 Å². The minimum atomic E-state index is -0.261. The maximum atomic E-state index is 14.0. The predicted molar refractivity (Wildman–Crippen MR) is 108 cm³/mol. The van der Waals surface area contributed by atoms with Crippen LogP contribution in [0.3, 0.4) is 0 Å². The zero-order chi connectivity index (χ0) is 20.1. The summed E-state index contributed by atoms with van der Waals surface area (Å²) in [5.41, 5.74) is 2.01. The summed E-state index contributed by atoms with van der Waals surface area (Å²) in [5, 5.41) is 0. The van der Waals surface area contributed by atoms with E-state index >= 15 is 0 Å². The van der Waals surface area contributed by atoms with Crippen LogP contribution >= 0.6 is 0 Å². The number of likely N-dealkylation sites (tertiary alicyclic amines) is 1. The molecule has 2 aliphatic heterocycles. The fraction of sp³-hybridized carbons (Fsp3) is 0.500. The van der Waals surface area contributed by atoms with Crippen LogP contribution in [-0.4, -0.2) is 59.5 Å². The highest BCUT2D eigenvalue weighted by Gasteiger charge is 2.50. The van der Waals surface area contributed by atoms with Crippen molar-refractivity contribution in [3.8, 4) is 0 Å². The highest BCUT2D eigenvalue weighted by molar-refractivity contribution is 5.75. The van der Waals surface area contributed by atoms with E-state index in [1.165, 1.54) is 18.9 Å². The molecule has 29 heavy (non-hydrogen) atoms. The van der Waals surface area contributed by atoms with Gasteiger partial charge in [-0.3, -0.25) is 0 Å². The number of aromatic nitrogens is 2. The SMILES string of the molecule is CN(C)C(=O)N1C[C@H]2CN(c3cc(C4CC4)ncn3)C[C@H]2[C@H]1c1cccc(F)c1. The average Bonchev–Trinajstić information content (AvgIpc) is 3.39. The van der Waals surface area contributed by atoms with Crippen molar-refractivity contribution in [2.24, 2.45) is 11.8 Å². The third-order valence-electron chi connectivity index (χ3n) is 6.48. The molecule has 0 unspecified atom stereocenters. The Morgan fingerprint density at radius 1 is 1.14 bits per heavy atom. The van der Waals surface area contributed by atoms with Crippen molar-refractivity contribution in [2.45, 2.75) is 24.8 Å². The molecule has 0 N–H and O–H groups in total. The van der Waals surface area contributed by atoms with E-state index in [0.29, 0.717) is 18.4 Å². The van der Waals surface area contributed by atoms with Gasteiger partial charge in [0.1, 0.15) is 18.0 Å². The molecule has 0 bridgehead atoms. The molecule has 1 aromatic heterocycles. The first-order valence-corrected chi connectivity index (χ1v) is 10.3. The lowest BCUT2D eigenvalue weighted by molar-refractivity contribution is 0.159. The number of carbonyl (C=O) groups is 1. The van der Waals surface area contributed by atoms with Crippen LogP contribution in [-0.2, 0) is 0 Å². The van der Waals surface area contributed by atoms with E-state index in [9.17, 15) is 9.18 Å². The fourth-order valence-corrected chi connectivity index (χ4v) is 4.94. The molecule has 1 aliphatic carbocycles. The molecule has 3 heterocycles. The maximum absolute atomic E-state index is 14.0. The predicted octanol–water partition coefficient (Wildman–Crippen LogP) is 3.28. The number of halogens is 1. The van der Waals surface area contributed by atoms with Gasteiger partial charge in [-0.15, -0.1) is 0 Å². The number of urea groups is 1. The third kappa shape index (κ3) is 3.32. The van der Waals surface area contributed by atoms with Gasteiger partial charge in [-0.1, -0.05) is 12.1 Å². The van der Waals surface area contributed by atoms with Crippen molar-refractivity contribution >= 4 is 11.8 Å². The molecule has 2 saturated heterocycles. The molecular formula is C22H26FN5O. The highest BCUT2D eigenvalue weighted by Crippen LogP contribution is 2.46. The van der Waals surface area contributed by atoms with Crippen molar-refractivity contribution in [3.05, 3.63) is 53.7 Å². The summed E-state index contributed by atoms with van der Waals surface area (Å²) < 4.78 is 14.0. The van der Waals surface area contributed by atoms with Crippen molar-refractivity contribution < 1.29 is 9.18 Å². The van der Waals surface area contributed by atoms with Gasteiger partial charge in [0.25, 0.3) is 0 Å². The molecular weight excluding hydrogens is 369 g/mol. The molecule has 3 aliphatic rings. The number of anilines is 1. The quantitative estimate of drug-likeness (QED) is 0.800. The van der Waals surface area contributed by atoms with E-state index in [2.05, 4.69) is 20.9 Å². The minimum absolute atomic E-state index is 0.0155. The van der Waals surface area contributed by atoms with Crippen molar-refractivity contribution in [2.75, 3.05) is 38.6 Å². The Kier molecular flexibility index (Phi) is 4.41. The first-order valence-electron chi connectivity index (χ1n) is 10.3. The lowest BCUT2D eigenvalue weighted by Crippen LogP contribution is -2.41. The van der Waals surface area contributed by atoms with Crippen LogP contribution in [0.2, 0.25) is 0 Å². The Morgan fingerprint density at radius 2 is 1.97 bits per heavy atom. The molecule has 1 saturated carbocycles. The lowest BCUT2D eigenvalue weighted by atomic mass is 9.89. The van der Waals surface area contributed by atoms with Gasteiger partial charge in [0.05, 0.1) is 6.04 Å². The summed E-state index contributed by atoms with van der Waals surface area (Å²) in [4.78, 5) is 27.6. The number of benzene rings is 1. The summed E-state index contributed by atoms with van der Waals surface area (Å²) >= 11 is 0. The largest absolute Gasteiger partial charge is 0.356 e. The number of fused-ring (bicyclic) bond motifs is 1. The second-order valence-corrected chi connectivity index (χ2v) is 8.73. The number of hydrogen-bond donors (Lipinski definition) is 0. The minimum Gasteiger partial charge on any atom is -0.356 e. The number of rotatable bonds is 3. The smallest absolute Gasteiger partial charge is 0.320 e. The van der Waals surface area contributed by atoms with E-state index in [-0.39, 0.29) is 23.8 Å². The van der Waals surface area contributed by atoms with Gasteiger partial charge in [0.15, 0.2) is 0 Å². The second kappa shape index (κ2) is 6.97. The maximum Gasteiger partial charge on any atom is 0.320 e. The number of nitrogens with zero attached hydrogens (tertiary/aromatic N) is 5. The summed E-state index contributed by atoms with van der Waals surface area (Å²) in [7, 11) is 3.54. The summed E-state index contributed by atoms with van der Waals surface area (Å²) in [6, 6.07) is 8.67. The Labute approximate surface area is 170 Å². The van der Waals surface area contributed by atoms with Gasteiger partial charge in [-0.25, -0.2) is 19.2 Å². The van der Waals surface area contributed by atoms with Crippen molar-refractivity contribution in [1.82, 2.24) is 19.8 Å². The van der Waals surface area contributed by atoms with Gasteiger partial charge in [0.2, 0.25) is 0 Å². The van der Waals surface area contributed by atoms with Gasteiger partial charge < -0.3 is 14.7 Å². The normalized spacial score (nSPS) is 26.0. The Hall–Kier alpha value is -2.70. The number of hydrogen-bond acceptors (Lipinski definition) is 4. The van der Waals surface area contributed by atoms with Crippen LogP contribution in [0.4, 0.5) is 15.0 Å². The molecule has 3 fully saturated rings. The van der Waals surface area contributed by atoms with E-state index in [4.69, 9.17) is 0 Å². The molecule has 2 amide bonds. The Morgan fingerprint density at radius 3 is 2.69 bits per heavy atom. The van der Waals surface area contributed by atoms with Crippen LogP contribution in [0.1, 0.15) is 36.1 Å². The van der Waals surface area contributed by atoms with Gasteiger partial charge in [0, 0.05) is 63.2 Å². The molecule has 1 aromatic carbocycles. The first kappa shape index (κ1) is 18.3. The van der Waals surface area contributed by atoms with E-state index in [1.54, 1.807) is 37.5 Å². The zero-order valence-electron chi connectivity index (χ0n) is 16.8.